The fourth-order valence-electron chi connectivity index (χ4n) is 2.91. The van der Waals surface area contributed by atoms with Crippen molar-refractivity contribution < 1.29 is 19.4 Å². The molecular formula is C17H18N4O4. The summed E-state index contributed by atoms with van der Waals surface area (Å²) in [6, 6.07) is 7.25. The van der Waals surface area contributed by atoms with Crippen molar-refractivity contribution in [3.63, 3.8) is 0 Å². The van der Waals surface area contributed by atoms with Crippen LogP contribution in [0.1, 0.15) is 37.4 Å². The number of ether oxygens (including phenoxy) is 1. The molecule has 25 heavy (non-hydrogen) atoms. The van der Waals surface area contributed by atoms with Crippen molar-refractivity contribution in [1.82, 2.24) is 15.2 Å². The van der Waals surface area contributed by atoms with Crippen LogP contribution >= 0.6 is 0 Å². The molecule has 1 saturated heterocycles. The van der Waals surface area contributed by atoms with Gasteiger partial charge in [-0.1, -0.05) is 12.1 Å². The number of nitrogens with zero attached hydrogens (tertiary/aromatic N) is 2. The normalized spacial score (nSPS) is 22.7. The Bertz CT molecular complexity index is 814. The zero-order chi connectivity index (χ0) is 17.4. The van der Waals surface area contributed by atoms with Crippen LogP contribution in [-0.4, -0.2) is 44.4 Å². The zero-order valence-corrected chi connectivity index (χ0v) is 13.4. The number of nitrogens with one attached hydrogen (secondary N) is 2. The van der Waals surface area contributed by atoms with E-state index in [2.05, 4.69) is 20.5 Å². The van der Waals surface area contributed by atoms with Crippen LogP contribution in [0.5, 0.6) is 0 Å². The number of aromatic amines is 1. The van der Waals surface area contributed by atoms with E-state index in [4.69, 9.17) is 9.84 Å². The van der Waals surface area contributed by atoms with Crippen LogP contribution in [0.25, 0.3) is 11.4 Å². The third kappa shape index (κ3) is 3.39. The van der Waals surface area contributed by atoms with E-state index in [1.54, 1.807) is 12.1 Å². The van der Waals surface area contributed by atoms with E-state index in [1.807, 2.05) is 12.1 Å². The second-order valence-electron chi connectivity index (χ2n) is 6.42. The van der Waals surface area contributed by atoms with Crippen molar-refractivity contribution >= 4 is 17.6 Å². The molecule has 2 fully saturated rings. The molecule has 2 heterocycles. The Labute approximate surface area is 143 Å². The number of hydrogen-bond acceptors (Lipinski definition) is 5. The summed E-state index contributed by atoms with van der Waals surface area (Å²) in [6.45, 7) is 0. The minimum Gasteiger partial charge on any atom is -0.479 e. The van der Waals surface area contributed by atoms with Gasteiger partial charge in [0, 0.05) is 17.2 Å². The molecule has 3 N–H and O–H groups in total. The van der Waals surface area contributed by atoms with Crippen molar-refractivity contribution in [2.75, 3.05) is 5.32 Å². The van der Waals surface area contributed by atoms with Crippen LogP contribution in [0.3, 0.4) is 0 Å². The molecule has 0 unspecified atom stereocenters. The van der Waals surface area contributed by atoms with Gasteiger partial charge in [-0.2, -0.15) is 5.10 Å². The monoisotopic (exact) mass is 342 g/mol. The number of aliphatic carboxylic acids is 1. The second kappa shape index (κ2) is 6.29. The van der Waals surface area contributed by atoms with Crippen LogP contribution in [0.4, 0.5) is 5.69 Å². The second-order valence-corrected chi connectivity index (χ2v) is 6.42. The Kier molecular flexibility index (Phi) is 3.96. The molecule has 2 aromatic rings. The summed E-state index contributed by atoms with van der Waals surface area (Å²) in [5, 5.41) is 18.9. The molecule has 2 aliphatic rings. The van der Waals surface area contributed by atoms with Crippen LogP contribution in [-0.2, 0) is 14.3 Å². The van der Waals surface area contributed by atoms with Crippen LogP contribution in [0.15, 0.2) is 24.3 Å². The molecule has 0 spiro atoms. The lowest BCUT2D eigenvalue weighted by Crippen LogP contribution is -2.29. The maximum atomic E-state index is 12.3. The molecule has 0 radical (unpaired) electrons. The van der Waals surface area contributed by atoms with Crippen LogP contribution in [0.2, 0.25) is 0 Å². The summed E-state index contributed by atoms with van der Waals surface area (Å²) in [5.41, 5.74) is 1.40. The molecule has 1 aromatic heterocycles. The summed E-state index contributed by atoms with van der Waals surface area (Å²) < 4.78 is 5.27. The quantitative estimate of drug-likeness (QED) is 0.764. The highest BCUT2D eigenvalue weighted by Crippen LogP contribution is 2.38. The largest absolute Gasteiger partial charge is 0.479 e. The molecule has 1 amide bonds. The number of rotatable bonds is 5. The highest BCUT2D eigenvalue weighted by Gasteiger charge is 2.34. The first-order valence-electron chi connectivity index (χ1n) is 8.32. The third-order valence-corrected chi connectivity index (χ3v) is 4.44. The number of H-pyrrole nitrogens is 1. The van der Waals surface area contributed by atoms with Crippen molar-refractivity contribution in [3.05, 3.63) is 30.1 Å². The standard InChI is InChI=1S/C17H18N4O4/c22-16(12-6-7-13(25-12)17(23)24)18-11-3-1-2-10(8-11)15-19-14(20-21-15)9-4-5-9/h1-3,8-9,12-13H,4-7H2,(H,18,22)(H,23,24)(H,19,20,21)/t12-,13+/m0/s1. The number of carbonyl (C=O) groups is 2. The Balaban J connectivity index is 1.44. The molecular weight excluding hydrogens is 324 g/mol. The van der Waals surface area contributed by atoms with Crippen molar-refractivity contribution in [2.24, 2.45) is 0 Å². The SMILES string of the molecule is O=C(Nc1cccc(-c2n[nH]c(C3CC3)n2)c1)[C@@H]1CC[C@H](C(=O)O)O1. The molecule has 8 heteroatoms. The van der Waals surface area contributed by atoms with Gasteiger partial charge in [-0.15, -0.1) is 0 Å². The lowest BCUT2D eigenvalue weighted by Gasteiger charge is -2.12. The Morgan fingerprint density at radius 1 is 1.20 bits per heavy atom. The van der Waals surface area contributed by atoms with Crippen LogP contribution < -0.4 is 5.32 Å². The number of carbonyl (C=O) groups excluding carboxylic acids is 1. The first-order chi connectivity index (χ1) is 12.1. The fourth-order valence-corrected chi connectivity index (χ4v) is 2.91. The Morgan fingerprint density at radius 2 is 2.00 bits per heavy atom. The van der Waals surface area contributed by atoms with Gasteiger partial charge in [-0.25, -0.2) is 9.78 Å². The molecule has 8 nitrogen and oxygen atoms in total. The number of aromatic nitrogens is 3. The van der Waals surface area contributed by atoms with Gasteiger partial charge in [0.05, 0.1) is 0 Å². The predicted octanol–water partition coefficient (Wildman–Crippen LogP) is 1.92. The van der Waals surface area contributed by atoms with E-state index in [1.165, 1.54) is 0 Å². The van der Waals surface area contributed by atoms with E-state index in [0.717, 1.165) is 24.2 Å². The molecule has 0 bridgehead atoms. The first-order valence-corrected chi connectivity index (χ1v) is 8.32. The molecule has 1 aliphatic carbocycles. The Hall–Kier alpha value is -2.74. The third-order valence-electron chi connectivity index (χ3n) is 4.44. The predicted molar refractivity (Wildman–Crippen MR) is 88.0 cm³/mol. The van der Waals surface area contributed by atoms with Crippen molar-refractivity contribution in [2.45, 2.75) is 43.8 Å². The van der Waals surface area contributed by atoms with E-state index in [0.29, 0.717) is 30.3 Å². The average molecular weight is 342 g/mol. The van der Waals surface area contributed by atoms with Gasteiger partial charge in [0.15, 0.2) is 11.9 Å². The lowest BCUT2D eigenvalue weighted by molar-refractivity contribution is -0.150. The first kappa shape index (κ1) is 15.8. The Morgan fingerprint density at radius 3 is 2.72 bits per heavy atom. The van der Waals surface area contributed by atoms with Gasteiger partial charge in [0.25, 0.3) is 5.91 Å². The maximum absolute atomic E-state index is 12.3. The summed E-state index contributed by atoms with van der Waals surface area (Å²) in [4.78, 5) is 27.7. The van der Waals surface area contributed by atoms with Gasteiger partial charge in [0.2, 0.25) is 0 Å². The van der Waals surface area contributed by atoms with Gasteiger partial charge in [-0.3, -0.25) is 9.89 Å². The molecule has 130 valence electrons. The summed E-state index contributed by atoms with van der Waals surface area (Å²) in [6.07, 6.45) is 1.38. The minimum atomic E-state index is -1.03. The van der Waals surface area contributed by atoms with E-state index >= 15 is 0 Å². The molecule has 4 rings (SSSR count). The van der Waals surface area contributed by atoms with E-state index in [-0.39, 0.29) is 5.91 Å². The van der Waals surface area contributed by atoms with Gasteiger partial charge in [0.1, 0.15) is 11.9 Å². The van der Waals surface area contributed by atoms with Crippen molar-refractivity contribution in [3.8, 4) is 11.4 Å². The minimum absolute atomic E-state index is 0.338. The number of carboxylic acids is 1. The highest BCUT2D eigenvalue weighted by molar-refractivity contribution is 5.95. The number of carboxylic acid groups (broad SMARTS) is 1. The molecule has 1 saturated carbocycles. The van der Waals surface area contributed by atoms with Gasteiger partial charge >= 0.3 is 5.97 Å². The molecule has 1 aromatic carbocycles. The summed E-state index contributed by atoms with van der Waals surface area (Å²) in [7, 11) is 0. The lowest BCUT2D eigenvalue weighted by atomic mass is 10.1. The highest BCUT2D eigenvalue weighted by atomic mass is 16.5. The fraction of sp³-hybridized carbons (Fsp3) is 0.412. The van der Waals surface area contributed by atoms with Gasteiger partial charge < -0.3 is 15.2 Å². The topological polar surface area (TPSA) is 117 Å². The van der Waals surface area contributed by atoms with Gasteiger partial charge in [-0.05, 0) is 37.8 Å². The smallest absolute Gasteiger partial charge is 0.332 e. The summed E-state index contributed by atoms with van der Waals surface area (Å²) >= 11 is 0. The number of anilines is 1. The van der Waals surface area contributed by atoms with E-state index in [9.17, 15) is 9.59 Å². The molecule has 1 aliphatic heterocycles. The zero-order valence-electron chi connectivity index (χ0n) is 13.4. The number of benzene rings is 1. The average Bonchev–Trinajstić information content (AvgIpc) is 3.13. The summed E-state index contributed by atoms with van der Waals surface area (Å²) in [5.74, 6) is 0.623. The van der Waals surface area contributed by atoms with E-state index < -0.39 is 18.2 Å². The number of amides is 1. The molecule has 2 atom stereocenters. The number of hydrogen-bond donors (Lipinski definition) is 3. The van der Waals surface area contributed by atoms with Crippen molar-refractivity contribution in [1.29, 1.82) is 0 Å². The van der Waals surface area contributed by atoms with Crippen LogP contribution in [0, 0.1) is 0 Å². The maximum Gasteiger partial charge on any atom is 0.332 e.